The Kier molecular flexibility index (Phi) is 7.13. The van der Waals surface area contributed by atoms with Gasteiger partial charge in [0, 0.05) is 18.6 Å². The van der Waals surface area contributed by atoms with Gasteiger partial charge in [0.25, 0.3) is 0 Å². The van der Waals surface area contributed by atoms with E-state index < -0.39 is 0 Å². The minimum absolute atomic E-state index is 0.0624. The van der Waals surface area contributed by atoms with Crippen LogP contribution in [0.2, 0.25) is 5.02 Å². The fourth-order valence-corrected chi connectivity index (χ4v) is 3.76. The van der Waals surface area contributed by atoms with E-state index in [0.29, 0.717) is 5.02 Å². The second kappa shape index (κ2) is 9.77. The van der Waals surface area contributed by atoms with Gasteiger partial charge in [-0.2, -0.15) is 0 Å². The molecule has 0 saturated carbocycles. The molecule has 1 amide bonds. The van der Waals surface area contributed by atoms with Crippen LogP contribution in [0.3, 0.4) is 0 Å². The van der Waals surface area contributed by atoms with Gasteiger partial charge in [0.15, 0.2) is 0 Å². The Bertz CT molecular complexity index is 732. The van der Waals surface area contributed by atoms with Crippen LogP contribution in [0.4, 0.5) is 4.79 Å². The first-order chi connectivity index (χ1) is 13.1. The summed E-state index contributed by atoms with van der Waals surface area (Å²) in [5, 5.41) is 0.685. The highest BCUT2D eigenvalue weighted by molar-refractivity contribution is 6.30. The van der Waals surface area contributed by atoms with Crippen molar-refractivity contribution >= 4 is 17.7 Å². The van der Waals surface area contributed by atoms with E-state index in [2.05, 4.69) is 4.90 Å². The van der Waals surface area contributed by atoms with E-state index in [9.17, 15) is 4.79 Å². The average Bonchev–Trinajstić information content (AvgIpc) is 3.20. The molecule has 0 aliphatic carbocycles. The molecule has 0 bridgehead atoms. The lowest BCUT2D eigenvalue weighted by Gasteiger charge is -2.29. The lowest BCUT2D eigenvalue weighted by Crippen LogP contribution is -2.34. The van der Waals surface area contributed by atoms with Gasteiger partial charge in [-0.3, -0.25) is 0 Å². The summed E-state index contributed by atoms with van der Waals surface area (Å²) in [4.78, 5) is 16.8. The van der Waals surface area contributed by atoms with Gasteiger partial charge in [-0.25, -0.2) is 4.79 Å². The summed E-state index contributed by atoms with van der Waals surface area (Å²) in [7, 11) is 1.81. The zero-order chi connectivity index (χ0) is 19.1. The Morgan fingerprint density at radius 1 is 1.15 bits per heavy atom. The van der Waals surface area contributed by atoms with Gasteiger partial charge in [-0.05, 0) is 55.6 Å². The number of hydrogen-bond donors (Lipinski definition) is 0. The summed E-state index contributed by atoms with van der Waals surface area (Å²) < 4.78 is 5.53. The molecule has 2 aromatic rings. The van der Waals surface area contributed by atoms with Crippen LogP contribution in [0.5, 0.6) is 0 Å². The van der Waals surface area contributed by atoms with Crippen LogP contribution < -0.4 is 0 Å². The number of benzene rings is 2. The van der Waals surface area contributed by atoms with E-state index in [4.69, 9.17) is 16.3 Å². The van der Waals surface area contributed by atoms with Crippen LogP contribution in [-0.2, 0) is 11.3 Å². The quantitative estimate of drug-likeness (QED) is 0.660. The first-order valence-electron chi connectivity index (χ1n) is 9.55. The first-order valence-corrected chi connectivity index (χ1v) is 9.92. The predicted molar refractivity (Wildman–Crippen MR) is 109 cm³/mol. The summed E-state index contributed by atoms with van der Waals surface area (Å²) in [5.74, 6) is 0. The van der Waals surface area contributed by atoms with E-state index in [0.717, 1.165) is 37.2 Å². The lowest BCUT2D eigenvalue weighted by atomic mass is 10.0. The molecule has 0 N–H and O–H groups in total. The summed E-state index contributed by atoms with van der Waals surface area (Å²) in [5.41, 5.74) is 2.02. The molecule has 27 heavy (non-hydrogen) atoms. The van der Waals surface area contributed by atoms with E-state index >= 15 is 0 Å². The van der Waals surface area contributed by atoms with Gasteiger partial charge in [-0.15, -0.1) is 0 Å². The van der Waals surface area contributed by atoms with Gasteiger partial charge in [-0.1, -0.05) is 54.1 Å². The number of hydrogen-bond acceptors (Lipinski definition) is 3. The fourth-order valence-electron chi connectivity index (χ4n) is 3.56. The topological polar surface area (TPSA) is 32.8 Å². The number of likely N-dealkylation sites (tertiary alicyclic amines) is 1. The molecule has 144 valence electrons. The van der Waals surface area contributed by atoms with E-state index in [1.54, 1.807) is 4.90 Å². The minimum Gasteiger partial charge on any atom is -0.445 e. The van der Waals surface area contributed by atoms with Crippen LogP contribution in [0.15, 0.2) is 54.6 Å². The van der Waals surface area contributed by atoms with Crippen molar-refractivity contribution < 1.29 is 9.53 Å². The highest BCUT2D eigenvalue weighted by atomic mass is 35.5. The monoisotopic (exact) mass is 386 g/mol. The van der Waals surface area contributed by atoms with Crippen LogP contribution in [0.1, 0.15) is 36.4 Å². The number of halogens is 1. The molecule has 5 heteroatoms. The van der Waals surface area contributed by atoms with Crippen molar-refractivity contribution in [3.8, 4) is 0 Å². The molecular weight excluding hydrogens is 360 g/mol. The summed E-state index contributed by atoms with van der Waals surface area (Å²) in [6.07, 6.45) is 3.07. The van der Waals surface area contributed by atoms with E-state index in [1.165, 1.54) is 12.8 Å². The summed E-state index contributed by atoms with van der Waals surface area (Å²) in [6.45, 7) is 3.53. The molecule has 1 aliphatic heterocycles. The Morgan fingerprint density at radius 2 is 1.89 bits per heavy atom. The normalized spacial score (nSPS) is 15.5. The maximum atomic E-state index is 12.7. The molecule has 1 saturated heterocycles. The predicted octanol–water partition coefficient (Wildman–Crippen LogP) is 5.14. The third kappa shape index (κ3) is 5.72. The average molecular weight is 387 g/mol. The molecule has 1 aliphatic rings. The molecule has 2 aromatic carbocycles. The van der Waals surface area contributed by atoms with Gasteiger partial charge in [0.05, 0.1) is 6.04 Å². The first kappa shape index (κ1) is 19.7. The van der Waals surface area contributed by atoms with Crippen LogP contribution in [0.25, 0.3) is 0 Å². The lowest BCUT2D eigenvalue weighted by molar-refractivity contribution is 0.0871. The summed E-state index contributed by atoms with van der Waals surface area (Å²) in [6, 6.07) is 17.4. The Hall–Kier alpha value is -2.04. The number of rotatable bonds is 7. The third-order valence-electron chi connectivity index (χ3n) is 5.11. The second-order valence-corrected chi connectivity index (χ2v) is 7.50. The highest BCUT2D eigenvalue weighted by Gasteiger charge is 2.24. The van der Waals surface area contributed by atoms with Crippen molar-refractivity contribution in [3.63, 3.8) is 0 Å². The number of carbonyl (C=O) groups excluding carboxylic acids is 1. The van der Waals surface area contributed by atoms with Gasteiger partial charge in [0.1, 0.15) is 6.61 Å². The number of nitrogens with zero attached hydrogens (tertiary/aromatic N) is 2. The molecule has 1 fully saturated rings. The van der Waals surface area contributed by atoms with Crippen LogP contribution >= 0.6 is 11.6 Å². The number of carbonyl (C=O) groups is 1. The summed E-state index contributed by atoms with van der Waals surface area (Å²) >= 11 is 6.20. The second-order valence-electron chi connectivity index (χ2n) is 7.06. The third-order valence-corrected chi connectivity index (χ3v) is 5.35. The van der Waals surface area contributed by atoms with Crippen molar-refractivity contribution in [1.29, 1.82) is 0 Å². The maximum absolute atomic E-state index is 12.7. The number of ether oxygens (including phenoxy) is 1. The minimum atomic E-state index is -0.315. The zero-order valence-electron chi connectivity index (χ0n) is 15.8. The molecule has 1 atom stereocenters. The molecule has 1 heterocycles. The van der Waals surface area contributed by atoms with Crippen LogP contribution in [0, 0.1) is 0 Å². The fraction of sp³-hybridized carbons (Fsp3) is 0.409. The van der Waals surface area contributed by atoms with Gasteiger partial charge in [0.2, 0.25) is 0 Å². The van der Waals surface area contributed by atoms with Gasteiger partial charge >= 0.3 is 6.09 Å². The van der Waals surface area contributed by atoms with Crippen molar-refractivity contribution in [1.82, 2.24) is 9.80 Å². The number of amides is 1. The molecule has 4 nitrogen and oxygen atoms in total. The SMILES string of the molecule is CN(C(=O)OCc1ccccc1)[C@H](CCN1CCCC1)c1cccc(Cl)c1. The molecule has 0 radical (unpaired) electrons. The Balaban J connectivity index is 1.66. The Labute approximate surface area is 166 Å². The largest absolute Gasteiger partial charge is 0.445 e. The molecule has 0 unspecified atom stereocenters. The van der Waals surface area contributed by atoms with E-state index in [-0.39, 0.29) is 18.7 Å². The molecule has 3 rings (SSSR count). The zero-order valence-corrected chi connectivity index (χ0v) is 16.6. The molecule has 0 aromatic heterocycles. The molecule has 0 spiro atoms. The van der Waals surface area contributed by atoms with Crippen LogP contribution in [-0.4, -0.2) is 42.6 Å². The molecular formula is C22H27ClN2O2. The van der Waals surface area contributed by atoms with Crippen molar-refractivity contribution in [2.75, 3.05) is 26.7 Å². The maximum Gasteiger partial charge on any atom is 0.410 e. The smallest absolute Gasteiger partial charge is 0.410 e. The van der Waals surface area contributed by atoms with E-state index in [1.807, 2.05) is 61.6 Å². The van der Waals surface area contributed by atoms with Crippen molar-refractivity contribution in [2.45, 2.75) is 31.9 Å². The Morgan fingerprint density at radius 3 is 2.59 bits per heavy atom. The van der Waals surface area contributed by atoms with Crippen molar-refractivity contribution in [3.05, 3.63) is 70.7 Å². The van der Waals surface area contributed by atoms with Crippen molar-refractivity contribution in [2.24, 2.45) is 0 Å². The highest BCUT2D eigenvalue weighted by Crippen LogP contribution is 2.27. The van der Waals surface area contributed by atoms with Gasteiger partial charge < -0.3 is 14.5 Å². The standard InChI is InChI=1S/C22H27ClN2O2/c1-24(22(26)27-17-18-8-3-2-4-9-18)21(12-15-25-13-5-6-14-25)19-10-7-11-20(23)16-19/h2-4,7-11,16,21H,5-6,12-15,17H2,1H3/t21-/m1/s1.